The van der Waals surface area contributed by atoms with E-state index in [0.717, 1.165) is 17.5 Å². The molecule has 146 valence electrons. The van der Waals surface area contributed by atoms with Crippen LogP contribution >= 0.6 is 0 Å². The molecule has 0 unspecified atom stereocenters. The van der Waals surface area contributed by atoms with Crippen LogP contribution in [0.25, 0.3) is 11.0 Å². The molecule has 2 aliphatic rings. The molecule has 27 heavy (non-hydrogen) atoms. The highest BCUT2D eigenvalue weighted by molar-refractivity contribution is 5.88. The molecule has 0 radical (unpaired) electrons. The quantitative estimate of drug-likeness (QED) is 0.539. The number of fused-ring (bicyclic) bond motifs is 3. The van der Waals surface area contributed by atoms with Gasteiger partial charge < -0.3 is 34.3 Å². The Morgan fingerprint density at radius 3 is 2.59 bits per heavy atom. The standard InChI is InChI=1S/C19H22O8/c1-8-5-11-14(9-3-2-4-10(9)18(24)25-11)12(6-8)26-19-17(23)16(22)15(21)13(7-20)27-19/h5-6,13,15-17,19-23H,2-4,7H2,1H3/t13-,15-,16+,17-,19-/m0/s1. The lowest BCUT2D eigenvalue weighted by atomic mass is 9.99. The van der Waals surface area contributed by atoms with Gasteiger partial charge in [-0.25, -0.2) is 4.79 Å². The van der Waals surface area contributed by atoms with E-state index in [2.05, 4.69) is 0 Å². The van der Waals surface area contributed by atoms with Crippen LogP contribution in [0.3, 0.4) is 0 Å². The summed E-state index contributed by atoms with van der Waals surface area (Å²) in [6.07, 6.45) is -4.66. The van der Waals surface area contributed by atoms with Crippen LogP contribution in [0.2, 0.25) is 0 Å². The Bertz CT molecular complexity index is 918. The Morgan fingerprint density at radius 2 is 1.85 bits per heavy atom. The summed E-state index contributed by atoms with van der Waals surface area (Å²) in [4.78, 5) is 12.2. The molecule has 5 atom stereocenters. The lowest BCUT2D eigenvalue weighted by Crippen LogP contribution is -2.60. The van der Waals surface area contributed by atoms with Gasteiger partial charge in [0.2, 0.25) is 6.29 Å². The summed E-state index contributed by atoms with van der Waals surface area (Å²) in [5.41, 5.74) is 2.31. The maximum Gasteiger partial charge on any atom is 0.339 e. The van der Waals surface area contributed by atoms with Crippen LogP contribution in [-0.4, -0.2) is 57.7 Å². The molecular formula is C19H22O8. The van der Waals surface area contributed by atoms with Crippen molar-refractivity contribution in [3.05, 3.63) is 39.2 Å². The Labute approximate surface area is 154 Å². The number of aryl methyl sites for hydroxylation is 2. The van der Waals surface area contributed by atoms with E-state index in [1.54, 1.807) is 12.1 Å². The fourth-order valence-electron chi connectivity index (χ4n) is 3.89. The first kappa shape index (κ1) is 18.4. The van der Waals surface area contributed by atoms with Gasteiger partial charge in [-0.2, -0.15) is 0 Å². The smallest absolute Gasteiger partial charge is 0.339 e. The maximum atomic E-state index is 12.2. The van der Waals surface area contributed by atoms with E-state index in [0.29, 0.717) is 35.1 Å². The lowest BCUT2D eigenvalue weighted by molar-refractivity contribution is -0.277. The Kier molecular flexibility index (Phi) is 4.69. The van der Waals surface area contributed by atoms with Crippen LogP contribution in [-0.2, 0) is 17.6 Å². The minimum atomic E-state index is -1.53. The zero-order valence-electron chi connectivity index (χ0n) is 14.8. The first-order valence-electron chi connectivity index (χ1n) is 8.97. The highest BCUT2D eigenvalue weighted by Crippen LogP contribution is 2.36. The molecular weight excluding hydrogens is 356 g/mol. The molecule has 0 spiro atoms. The number of ether oxygens (including phenoxy) is 2. The van der Waals surface area contributed by atoms with E-state index in [4.69, 9.17) is 13.9 Å². The Balaban J connectivity index is 1.78. The van der Waals surface area contributed by atoms with Crippen molar-refractivity contribution < 1.29 is 34.3 Å². The van der Waals surface area contributed by atoms with Crippen molar-refractivity contribution >= 4 is 11.0 Å². The number of hydrogen-bond donors (Lipinski definition) is 4. The SMILES string of the molecule is Cc1cc(O[C@H]2O[C@@H](CO)[C@H](O)[C@@H](O)[C@@H]2O)c2c3c(c(=O)oc2c1)CCC3. The second-order valence-electron chi connectivity index (χ2n) is 7.15. The van der Waals surface area contributed by atoms with Crippen LogP contribution in [0.4, 0.5) is 0 Å². The summed E-state index contributed by atoms with van der Waals surface area (Å²) >= 11 is 0. The van der Waals surface area contributed by atoms with E-state index in [1.165, 1.54) is 0 Å². The Morgan fingerprint density at radius 1 is 1.11 bits per heavy atom. The maximum absolute atomic E-state index is 12.2. The van der Waals surface area contributed by atoms with Crippen LogP contribution in [0, 0.1) is 6.92 Å². The highest BCUT2D eigenvalue weighted by atomic mass is 16.7. The third kappa shape index (κ3) is 3.03. The minimum Gasteiger partial charge on any atom is -0.461 e. The molecule has 0 saturated carbocycles. The van der Waals surface area contributed by atoms with Gasteiger partial charge in [0.25, 0.3) is 0 Å². The molecule has 0 bridgehead atoms. The fraction of sp³-hybridized carbons (Fsp3) is 0.526. The molecule has 1 aliphatic heterocycles. The minimum absolute atomic E-state index is 0.348. The van der Waals surface area contributed by atoms with Crippen molar-refractivity contribution in [2.45, 2.75) is 56.9 Å². The number of aliphatic hydroxyl groups is 4. The predicted octanol–water partition coefficient (Wildman–Crippen LogP) is -0.231. The van der Waals surface area contributed by atoms with E-state index in [9.17, 15) is 25.2 Å². The van der Waals surface area contributed by atoms with Crippen molar-refractivity contribution in [3.63, 3.8) is 0 Å². The van der Waals surface area contributed by atoms with Crippen molar-refractivity contribution in [1.29, 1.82) is 0 Å². The van der Waals surface area contributed by atoms with Gasteiger partial charge in [-0.05, 0) is 49.4 Å². The molecule has 4 N–H and O–H groups in total. The number of aliphatic hydroxyl groups excluding tert-OH is 4. The third-order valence-electron chi connectivity index (χ3n) is 5.27. The topological polar surface area (TPSA) is 130 Å². The first-order valence-corrected chi connectivity index (χ1v) is 8.97. The molecule has 4 rings (SSSR count). The van der Waals surface area contributed by atoms with E-state index < -0.39 is 37.3 Å². The highest BCUT2D eigenvalue weighted by Gasteiger charge is 2.45. The average molecular weight is 378 g/mol. The predicted molar refractivity (Wildman–Crippen MR) is 93.6 cm³/mol. The van der Waals surface area contributed by atoms with Gasteiger partial charge in [0.1, 0.15) is 35.7 Å². The fourth-order valence-corrected chi connectivity index (χ4v) is 3.89. The lowest BCUT2D eigenvalue weighted by Gasteiger charge is -2.39. The van der Waals surface area contributed by atoms with Gasteiger partial charge in [-0.3, -0.25) is 0 Å². The van der Waals surface area contributed by atoms with Gasteiger partial charge in [-0.15, -0.1) is 0 Å². The van der Waals surface area contributed by atoms with Crippen LogP contribution < -0.4 is 10.4 Å². The molecule has 2 aromatic rings. The summed E-state index contributed by atoms with van der Waals surface area (Å²) in [5, 5.41) is 40.1. The van der Waals surface area contributed by atoms with Crippen molar-refractivity contribution in [1.82, 2.24) is 0 Å². The van der Waals surface area contributed by atoms with Gasteiger partial charge in [0, 0.05) is 5.56 Å². The van der Waals surface area contributed by atoms with Crippen LogP contribution in [0.1, 0.15) is 23.1 Å². The van der Waals surface area contributed by atoms with Crippen molar-refractivity contribution in [2.75, 3.05) is 6.61 Å². The van der Waals surface area contributed by atoms with Crippen LogP contribution in [0.15, 0.2) is 21.3 Å². The molecule has 0 amide bonds. The molecule has 1 aliphatic carbocycles. The average Bonchev–Trinajstić information content (AvgIpc) is 3.12. The zero-order chi connectivity index (χ0) is 19.3. The van der Waals surface area contributed by atoms with Crippen molar-refractivity contribution in [3.8, 4) is 5.75 Å². The largest absolute Gasteiger partial charge is 0.461 e. The van der Waals surface area contributed by atoms with Gasteiger partial charge >= 0.3 is 5.63 Å². The number of rotatable bonds is 3. The summed E-state index contributed by atoms with van der Waals surface area (Å²) in [7, 11) is 0. The molecule has 8 heteroatoms. The normalized spacial score (nSPS) is 30.5. The van der Waals surface area contributed by atoms with Crippen molar-refractivity contribution in [2.24, 2.45) is 0 Å². The monoisotopic (exact) mass is 378 g/mol. The van der Waals surface area contributed by atoms with E-state index in [-0.39, 0.29) is 5.63 Å². The molecule has 1 saturated heterocycles. The van der Waals surface area contributed by atoms with E-state index >= 15 is 0 Å². The number of benzene rings is 1. The molecule has 1 fully saturated rings. The summed E-state index contributed by atoms with van der Waals surface area (Å²) < 4.78 is 16.8. The molecule has 1 aromatic carbocycles. The van der Waals surface area contributed by atoms with Gasteiger partial charge in [0.05, 0.1) is 12.0 Å². The molecule has 8 nitrogen and oxygen atoms in total. The van der Waals surface area contributed by atoms with Crippen LogP contribution in [0.5, 0.6) is 5.75 Å². The van der Waals surface area contributed by atoms with Gasteiger partial charge in [0.15, 0.2) is 0 Å². The summed E-state index contributed by atoms with van der Waals surface area (Å²) in [6, 6.07) is 3.48. The molecule has 2 heterocycles. The zero-order valence-corrected chi connectivity index (χ0v) is 14.8. The Hall–Kier alpha value is -1.97. The third-order valence-corrected chi connectivity index (χ3v) is 5.27. The molecule has 1 aromatic heterocycles. The summed E-state index contributed by atoms with van der Waals surface area (Å²) in [6.45, 7) is 1.27. The second-order valence-corrected chi connectivity index (χ2v) is 7.15. The first-order chi connectivity index (χ1) is 12.9. The second kappa shape index (κ2) is 6.88. The number of hydrogen-bond acceptors (Lipinski definition) is 8. The van der Waals surface area contributed by atoms with Gasteiger partial charge in [-0.1, -0.05) is 0 Å². The summed E-state index contributed by atoms with van der Waals surface area (Å²) in [5.74, 6) is 0.358. The van der Waals surface area contributed by atoms with E-state index in [1.807, 2.05) is 6.92 Å².